The van der Waals surface area contributed by atoms with Crippen molar-refractivity contribution in [2.45, 2.75) is 13.5 Å². The van der Waals surface area contributed by atoms with E-state index in [-0.39, 0.29) is 5.91 Å². The lowest BCUT2D eigenvalue weighted by Gasteiger charge is -2.06. The Labute approximate surface area is 150 Å². The molecule has 4 nitrogen and oxygen atoms in total. The third-order valence-corrected chi connectivity index (χ3v) is 5.10. The number of benzene rings is 1. The molecule has 0 aliphatic rings. The van der Waals surface area contributed by atoms with Gasteiger partial charge in [0.2, 0.25) is 0 Å². The quantitative estimate of drug-likeness (QED) is 0.653. The largest absolute Gasteiger partial charge is 0.360 e. The maximum atomic E-state index is 12.5. The lowest BCUT2D eigenvalue weighted by Crippen LogP contribution is -2.23. The van der Waals surface area contributed by atoms with E-state index in [2.05, 4.69) is 26.4 Å². The number of aryl methyl sites for hydroxylation is 1. The number of carbonyl (C=O) groups excluding carboxylic acids is 1. The number of hydrogen-bond acceptors (Lipinski definition) is 4. The Hall–Kier alpha value is -1.63. The summed E-state index contributed by atoms with van der Waals surface area (Å²) in [6.07, 6.45) is 0. The van der Waals surface area contributed by atoms with Gasteiger partial charge in [-0.3, -0.25) is 4.79 Å². The Balaban J connectivity index is 1.81. The number of thiophene rings is 1. The first-order valence-electron chi connectivity index (χ1n) is 6.79. The van der Waals surface area contributed by atoms with Gasteiger partial charge in [-0.15, -0.1) is 11.3 Å². The Kier molecular flexibility index (Phi) is 4.84. The summed E-state index contributed by atoms with van der Waals surface area (Å²) in [6, 6.07) is 11.2. The molecule has 0 atom stereocenters. The second kappa shape index (κ2) is 6.86. The molecule has 3 rings (SSSR count). The first kappa shape index (κ1) is 16.2. The van der Waals surface area contributed by atoms with Gasteiger partial charge in [0.25, 0.3) is 5.91 Å². The average molecular weight is 412 g/mol. The predicted molar refractivity (Wildman–Crippen MR) is 94.9 cm³/mol. The fourth-order valence-corrected chi connectivity index (χ4v) is 3.75. The number of nitrogens with one attached hydrogen (secondary N) is 1. The van der Waals surface area contributed by atoms with Crippen LogP contribution in [0.4, 0.5) is 0 Å². The number of carbonyl (C=O) groups is 1. The van der Waals surface area contributed by atoms with Crippen LogP contribution in [-0.2, 0) is 6.54 Å². The molecule has 1 N–H and O–H groups in total. The molecule has 118 valence electrons. The summed E-state index contributed by atoms with van der Waals surface area (Å²) in [7, 11) is 0. The molecular formula is C16H12BrClN2O2S. The molecule has 1 amide bonds. The summed E-state index contributed by atoms with van der Waals surface area (Å²) in [4.78, 5) is 13.4. The van der Waals surface area contributed by atoms with Crippen LogP contribution in [0.15, 0.2) is 44.7 Å². The van der Waals surface area contributed by atoms with Crippen molar-refractivity contribution in [3.8, 4) is 10.6 Å². The van der Waals surface area contributed by atoms with Gasteiger partial charge in [0, 0.05) is 11.6 Å². The van der Waals surface area contributed by atoms with E-state index in [4.69, 9.17) is 16.1 Å². The number of halogens is 2. The third kappa shape index (κ3) is 3.65. The number of aromatic nitrogens is 1. The Bertz CT molecular complexity index is 859. The molecule has 0 spiro atoms. The van der Waals surface area contributed by atoms with E-state index in [1.54, 1.807) is 13.0 Å². The van der Waals surface area contributed by atoms with Crippen LogP contribution in [0.25, 0.3) is 10.6 Å². The van der Waals surface area contributed by atoms with Crippen molar-refractivity contribution in [3.63, 3.8) is 0 Å². The molecule has 0 saturated heterocycles. The summed E-state index contributed by atoms with van der Waals surface area (Å²) < 4.78 is 6.18. The van der Waals surface area contributed by atoms with Crippen LogP contribution in [0.1, 0.15) is 21.7 Å². The van der Waals surface area contributed by atoms with Gasteiger partial charge in [-0.1, -0.05) is 28.9 Å². The molecule has 23 heavy (non-hydrogen) atoms. The fraction of sp³-hybridized carbons (Fsp3) is 0.125. The van der Waals surface area contributed by atoms with Gasteiger partial charge in [0.05, 0.1) is 8.66 Å². The molecule has 0 aliphatic carbocycles. The highest BCUT2D eigenvalue weighted by atomic mass is 79.9. The zero-order chi connectivity index (χ0) is 16.4. The average Bonchev–Trinajstić information content (AvgIpc) is 3.11. The number of nitrogens with zero attached hydrogens (tertiary/aromatic N) is 1. The van der Waals surface area contributed by atoms with E-state index in [1.807, 2.05) is 30.3 Å². The molecule has 0 radical (unpaired) electrons. The zero-order valence-corrected chi connectivity index (χ0v) is 15.3. The fourth-order valence-electron chi connectivity index (χ4n) is 2.17. The van der Waals surface area contributed by atoms with Crippen LogP contribution >= 0.6 is 38.9 Å². The van der Waals surface area contributed by atoms with Gasteiger partial charge in [-0.2, -0.15) is 0 Å². The molecular weight excluding hydrogens is 400 g/mol. The second-order valence-electron chi connectivity index (χ2n) is 4.88. The normalized spacial score (nSPS) is 10.7. The first-order valence-corrected chi connectivity index (χ1v) is 8.78. The number of rotatable bonds is 4. The predicted octanol–water partition coefficient (Wildman–Crippen LogP) is 5.06. The maximum Gasteiger partial charge on any atom is 0.257 e. The van der Waals surface area contributed by atoms with Crippen LogP contribution in [0.2, 0.25) is 5.02 Å². The van der Waals surface area contributed by atoms with Crippen molar-refractivity contribution >= 4 is 44.8 Å². The van der Waals surface area contributed by atoms with E-state index in [0.29, 0.717) is 28.6 Å². The number of amides is 1. The monoisotopic (exact) mass is 410 g/mol. The molecule has 0 fully saturated rings. The van der Waals surface area contributed by atoms with Crippen molar-refractivity contribution in [2.24, 2.45) is 0 Å². The van der Waals surface area contributed by atoms with E-state index >= 15 is 0 Å². The second-order valence-corrected chi connectivity index (χ2v) is 7.78. The van der Waals surface area contributed by atoms with Crippen LogP contribution in [0.3, 0.4) is 0 Å². The highest BCUT2D eigenvalue weighted by Crippen LogP contribution is 2.33. The van der Waals surface area contributed by atoms with Crippen LogP contribution in [-0.4, -0.2) is 11.1 Å². The van der Waals surface area contributed by atoms with Gasteiger partial charge in [0.1, 0.15) is 17.0 Å². The zero-order valence-electron chi connectivity index (χ0n) is 12.1. The highest BCUT2D eigenvalue weighted by molar-refractivity contribution is 9.11. The molecule has 7 heteroatoms. The van der Waals surface area contributed by atoms with Crippen molar-refractivity contribution in [1.82, 2.24) is 10.5 Å². The molecule has 2 heterocycles. The van der Waals surface area contributed by atoms with Crippen LogP contribution < -0.4 is 5.32 Å². The Morgan fingerprint density at radius 3 is 2.91 bits per heavy atom. The van der Waals surface area contributed by atoms with Crippen molar-refractivity contribution in [1.29, 1.82) is 0 Å². The summed E-state index contributed by atoms with van der Waals surface area (Å²) in [5.74, 6) is 0.274. The van der Waals surface area contributed by atoms with E-state index in [1.165, 1.54) is 11.3 Å². The minimum atomic E-state index is -0.219. The van der Waals surface area contributed by atoms with Crippen LogP contribution in [0.5, 0.6) is 0 Å². The van der Waals surface area contributed by atoms with Gasteiger partial charge in [-0.05, 0) is 52.7 Å². The van der Waals surface area contributed by atoms with Gasteiger partial charge in [0.15, 0.2) is 0 Å². The lowest BCUT2D eigenvalue weighted by molar-refractivity contribution is 0.0950. The van der Waals surface area contributed by atoms with E-state index < -0.39 is 0 Å². The van der Waals surface area contributed by atoms with Gasteiger partial charge >= 0.3 is 0 Å². The Morgan fingerprint density at radius 1 is 1.39 bits per heavy atom. The summed E-state index contributed by atoms with van der Waals surface area (Å²) in [6.45, 7) is 2.12. The minimum absolute atomic E-state index is 0.219. The molecule has 0 saturated carbocycles. The number of hydrogen-bond donors (Lipinski definition) is 1. The molecule has 2 aromatic heterocycles. The third-order valence-electron chi connectivity index (χ3n) is 3.24. The molecule has 3 aromatic rings. The van der Waals surface area contributed by atoms with E-state index in [0.717, 1.165) is 14.2 Å². The maximum absolute atomic E-state index is 12.5. The van der Waals surface area contributed by atoms with Crippen molar-refractivity contribution < 1.29 is 9.32 Å². The van der Waals surface area contributed by atoms with Gasteiger partial charge < -0.3 is 9.84 Å². The smallest absolute Gasteiger partial charge is 0.257 e. The SMILES string of the molecule is Cc1onc(-c2ccc(Br)s2)c1C(=O)NCc1cccc(Cl)c1. The van der Waals surface area contributed by atoms with Crippen molar-refractivity contribution in [3.05, 3.63) is 62.1 Å². The molecule has 1 aromatic carbocycles. The highest BCUT2D eigenvalue weighted by Gasteiger charge is 2.22. The summed E-state index contributed by atoms with van der Waals surface area (Å²) in [5, 5.41) is 7.54. The summed E-state index contributed by atoms with van der Waals surface area (Å²) >= 11 is 10.9. The summed E-state index contributed by atoms with van der Waals surface area (Å²) in [5.41, 5.74) is 1.95. The lowest BCUT2D eigenvalue weighted by atomic mass is 10.1. The van der Waals surface area contributed by atoms with Crippen LogP contribution in [0, 0.1) is 6.92 Å². The molecule has 0 unspecified atom stereocenters. The van der Waals surface area contributed by atoms with Crippen molar-refractivity contribution in [2.75, 3.05) is 0 Å². The standard InChI is InChI=1S/C16H12BrClN2O2S/c1-9-14(15(20-22-9)12-5-6-13(17)23-12)16(21)19-8-10-3-2-4-11(18)7-10/h2-7H,8H2,1H3,(H,19,21). The minimum Gasteiger partial charge on any atom is -0.360 e. The van der Waals surface area contributed by atoms with E-state index in [9.17, 15) is 4.79 Å². The molecule has 0 aliphatic heterocycles. The first-order chi connectivity index (χ1) is 11.0. The van der Waals surface area contributed by atoms with Gasteiger partial charge in [-0.25, -0.2) is 0 Å². The topological polar surface area (TPSA) is 55.1 Å². The Morgan fingerprint density at radius 2 is 2.22 bits per heavy atom. The molecule has 0 bridgehead atoms.